The highest BCUT2D eigenvalue weighted by Crippen LogP contribution is 2.28. The topological polar surface area (TPSA) is 70.4 Å². The molecule has 1 aromatic carbocycles. The van der Waals surface area contributed by atoms with Gasteiger partial charge in [-0.15, -0.1) is 0 Å². The van der Waals surface area contributed by atoms with Crippen molar-refractivity contribution in [2.45, 2.75) is 39.8 Å². The summed E-state index contributed by atoms with van der Waals surface area (Å²) in [6.45, 7) is 7.88. The molecule has 0 fully saturated rings. The fraction of sp³-hybridized carbons (Fsp3) is 0.444. The molecule has 128 valence electrons. The predicted molar refractivity (Wildman–Crippen MR) is 93.2 cm³/mol. The van der Waals surface area contributed by atoms with Gasteiger partial charge in [0.2, 0.25) is 0 Å². The average molecular weight is 328 g/mol. The van der Waals surface area contributed by atoms with E-state index in [2.05, 4.69) is 51.9 Å². The second-order valence-electron chi connectivity index (χ2n) is 6.29. The Morgan fingerprint density at radius 1 is 1.33 bits per heavy atom. The standard InChI is InChI=1S/C18H24N4O2/c1-12(22-9-8-15-6-4-5-7-17(15)22)10-19-18(23)20-11-16-13(2)21-24-14(16)3/h4-7,12H,8-11H2,1-3H3,(H2,19,20,23)/t12-/m1/s1. The summed E-state index contributed by atoms with van der Waals surface area (Å²) in [5.41, 5.74) is 4.41. The Morgan fingerprint density at radius 3 is 2.88 bits per heavy atom. The molecule has 2 aromatic rings. The minimum atomic E-state index is -0.172. The maximum absolute atomic E-state index is 12.0. The van der Waals surface area contributed by atoms with Gasteiger partial charge < -0.3 is 20.1 Å². The van der Waals surface area contributed by atoms with Crippen molar-refractivity contribution < 1.29 is 9.32 Å². The van der Waals surface area contributed by atoms with E-state index in [1.165, 1.54) is 11.3 Å². The van der Waals surface area contributed by atoms with Crippen molar-refractivity contribution in [1.29, 1.82) is 0 Å². The molecular formula is C18H24N4O2. The number of hydrogen-bond acceptors (Lipinski definition) is 4. The number of fused-ring (bicyclic) bond motifs is 1. The molecular weight excluding hydrogens is 304 g/mol. The lowest BCUT2D eigenvalue weighted by atomic mass is 10.2. The lowest BCUT2D eigenvalue weighted by molar-refractivity contribution is 0.240. The minimum Gasteiger partial charge on any atom is -0.366 e. The van der Waals surface area contributed by atoms with Gasteiger partial charge in [0.15, 0.2) is 0 Å². The van der Waals surface area contributed by atoms with Crippen LogP contribution < -0.4 is 15.5 Å². The molecule has 6 nitrogen and oxygen atoms in total. The molecule has 2 amide bonds. The first-order valence-electron chi connectivity index (χ1n) is 8.34. The molecule has 0 radical (unpaired) electrons. The number of rotatable bonds is 5. The van der Waals surface area contributed by atoms with E-state index in [9.17, 15) is 4.79 Å². The lowest BCUT2D eigenvalue weighted by Gasteiger charge is -2.27. The molecule has 0 saturated heterocycles. The average Bonchev–Trinajstić information content (AvgIpc) is 3.15. The second kappa shape index (κ2) is 6.95. The maximum atomic E-state index is 12.0. The van der Waals surface area contributed by atoms with Gasteiger partial charge in [0.05, 0.1) is 5.69 Å². The number of aryl methyl sites for hydroxylation is 2. The summed E-state index contributed by atoms with van der Waals surface area (Å²) in [6.07, 6.45) is 1.07. The Balaban J connectivity index is 1.48. The van der Waals surface area contributed by atoms with Crippen molar-refractivity contribution >= 4 is 11.7 Å². The molecule has 2 heterocycles. The summed E-state index contributed by atoms with van der Waals surface area (Å²) in [7, 11) is 0. The van der Waals surface area contributed by atoms with E-state index < -0.39 is 0 Å². The van der Waals surface area contributed by atoms with Crippen LogP contribution in [-0.2, 0) is 13.0 Å². The maximum Gasteiger partial charge on any atom is 0.315 e. The third-order valence-electron chi connectivity index (χ3n) is 4.62. The van der Waals surface area contributed by atoms with Crippen molar-refractivity contribution in [1.82, 2.24) is 15.8 Å². The summed E-state index contributed by atoms with van der Waals surface area (Å²) < 4.78 is 5.10. The van der Waals surface area contributed by atoms with Crippen LogP contribution in [0.5, 0.6) is 0 Å². The quantitative estimate of drug-likeness (QED) is 0.885. The van der Waals surface area contributed by atoms with Gasteiger partial charge in [-0.25, -0.2) is 4.79 Å². The van der Waals surface area contributed by atoms with Crippen LogP contribution in [-0.4, -0.2) is 30.3 Å². The number of carbonyl (C=O) groups is 1. The van der Waals surface area contributed by atoms with Gasteiger partial charge >= 0.3 is 6.03 Å². The zero-order chi connectivity index (χ0) is 17.1. The highest BCUT2D eigenvalue weighted by Gasteiger charge is 2.23. The molecule has 0 unspecified atom stereocenters. The SMILES string of the molecule is Cc1noc(C)c1CNC(=O)NC[C@@H](C)N1CCc2ccccc21. The van der Waals surface area contributed by atoms with Crippen LogP contribution >= 0.6 is 0 Å². The van der Waals surface area contributed by atoms with E-state index in [1.54, 1.807) is 0 Å². The van der Waals surface area contributed by atoms with E-state index in [0.29, 0.717) is 13.1 Å². The van der Waals surface area contributed by atoms with E-state index in [4.69, 9.17) is 4.52 Å². The molecule has 0 bridgehead atoms. The first-order chi connectivity index (χ1) is 11.6. The summed E-state index contributed by atoms with van der Waals surface area (Å²) in [4.78, 5) is 14.4. The van der Waals surface area contributed by atoms with E-state index >= 15 is 0 Å². The number of benzene rings is 1. The third-order valence-corrected chi connectivity index (χ3v) is 4.62. The zero-order valence-corrected chi connectivity index (χ0v) is 14.4. The number of urea groups is 1. The van der Waals surface area contributed by atoms with Crippen molar-refractivity contribution in [3.8, 4) is 0 Å². The molecule has 2 N–H and O–H groups in total. The highest BCUT2D eigenvalue weighted by atomic mass is 16.5. The monoisotopic (exact) mass is 328 g/mol. The number of anilines is 1. The molecule has 24 heavy (non-hydrogen) atoms. The molecule has 0 spiro atoms. The van der Waals surface area contributed by atoms with Crippen molar-refractivity contribution in [2.75, 3.05) is 18.0 Å². The van der Waals surface area contributed by atoms with E-state index in [-0.39, 0.29) is 12.1 Å². The largest absolute Gasteiger partial charge is 0.366 e. The van der Waals surface area contributed by atoms with Gasteiger partial charge in [-0.05, 0) is 38.8 Å². The number of aromatic nitrogens is 1. The lowest BCUT2D eigenvalue weighted by Crippen LogP contribution is -2.44. The number of para-hydroxylation sites is 1. The third kappa shape index (κ3) is 3.37. The minimum absolute atomic E-state index is 0.172. The normalized spacial score (nSPS) is 14.4. The van der Waals surface area contributed by atoms with E-state index in [1.807, 2.05) is 13.8 Å². The molecule has 6 heteroatoms. The van der Waals surface area contributed by atoms with Crippen LogP contribution in [0.3, 0.4) is 0 Å². The molecule has 0 saturated carbocycles. The van der Waals surface area contributed by atoms with Gasteiger partial charge in [0.1, 0.15) is 5.76 Å². The Labute approximate surface area is 142 Å². The first kappa shape index (κ1) is 16.4. The van der Waals surface area contributed by atoms with Crippen LogP contribution in [0, 0.1) is 13.8 Å². The van der Waals surface area contributed by atoms with Gasteiger partial charge in [0, 0.05) is 36.9 Å². The van der Waals surface area contributed by atoms with Gasteiger partial charge in [-0.2, -0.15) is 0 Å². The van der Waals surface area contributed by atoms with Crippen molar-refractivity contribution in [3.05, 3.63) is 46.8 Å². The number of amides is 2. The van der Waals surface area contributed by atoms with Crippen molar-refractivity contribution in [2.24, 2.45) is 0 Å². The summed E-state index contributed by atoms with van der Waals surface area (Å²) in [5.74, 6) is 0.745. The number of hydrogen-bond donors (Lipinski definition) is 2. The van der Waals surface area contributed by atoms with Crippen molar-refractivity contribution in [3.63, 3.8) is 0 Å². The number of carbonyl (C=O) groups excluding carboxylic acids is 1. The van der Waals surface area contributed by atoms with Gasteiger partial charge in [-0.1, -0.05) is 23.4 Å². The first-order valence-corrected chi connectivity index (χ1v) is 8.34. The van der Waals surface area contributed by atoms with Crippen LogP contribution in [0.1, 0.15) is 29.5 Å². The smallest absolute Gasteiger partial charge is 0.315 e. The predicted octanol–water partition coefficient (Wildman–Crippen LogP) is 2.54. The molecule has 1 atom stereocenters. The Hall–Kier alpha value is -2.50. The summed E-state index contributed by atoms with van der Waals surface area (Å²) in [6, 6.07) is 8.54. The zero-order valence-electron chi connectivity index (χ0n) is 14.4. The number of nitrogens with zero attached hydrogens (tertiary/aromatic N) is 2. The molecule has 1 aliphatic heterocycles. The fourth-order valence-electron chi connectivity index (χ4n) is 3.16. The fourth-order valence-corrected chi connectivity index (χ4v) is 3.16. The van der Waals surface area contributed by atoms with E-state index in [0.717, 1.165) is 30.0 Å². The Bertz CT molecular complexity index is 706. The highest BCUT2D eigenvalue weighted by molar-refractivity contribution is 5.74. The molecule has 1 aromatic heterocycles. The summed E-state index contributed by atoms with van der Waals surface area (Å²) in [5, 5.41) is 9.70. The molecule has 3 rings (SSSR count). The van der Waals surface area contributed by atoms with Gasteiger partial charge in [-0.3, -0.25) is 0 Å². The molecule has 0 aliphatic carbocycles. The van der Waals surface area contributed by atoms with Gasteiger partial charge in [0.25, 0.3) is 0 Å². The Morgan fingerprint density at radius 2 is 2.12 bits per heavy atom. The van der Waals surface area contributed by atoms with Crippen LogP contribution in [0.15, 0.2) is 28.8 Å². The second-order valence-corrected chi connectivity index (χ2v) is 6.29. The number of nitrogens with one attached hydrogen (secondary N) is 2. The van der Waals surface area contributed by atoms with Crippen LogP contribution in [0.25, 0.3) is 0 Å². The van der Waals surface area contributed by atoms with Crippen LogP contribution in [0.4, 0.5) is 10.5 Å². The summed E-state index contributed by atoms with van der Waals surface area (Å²) >= 11 is 0. The van der Waals surface area contributed by atoms with Crippen LogP contribution in [0.2, 0.25) is 0 Å². The Kier molecular flexibility index (Phi) is 4.74. The molecule has 1 aliphatic rings.